The minimum Gasteiger partial charge on any atom is -0.497 e. The number of ether oxygens (including phenoxy) is 1. The SMILES string of the molecule is COc1ccc2c(Cc3c(C)[nH]c4cc(S(C)(=O)=O)ccc34)cccc2c1. The first-order chi connectivity index (χ1) is 12.9. The van der Waals surface area contributed by atoms with Gasteiger partial charge in [-0.25, -0.2) is 8.42 Å². The molecule has 1 heterocycles. The molecule has 0 atom stereocenters. The summed E-state index contributed by atoms with van der Waals surface area (Å²) in [4.78, 5) is 3.68. The van der Waals surface area contributed by atoms with Crippen LogP contribution in [0.3, 0.4) is 0 Å². The van der Waals surface area contributed by atoms with Crippen molar-refractivity contribution in [3.05, 3.63) is 71.4 Å². The van der Waals surface area contributed by atoms with Gasteiger partial charge < -0.3 is 9.72 Å². The van der Waals surface area contributed by atoms with Gasteiger partial charge >= 0.3 is 0 Å². The van der Waals surface area contributed by atoms with Crippen molar-refractivity contribution in [1.29, 1.82) is 0 Å². The number of sulfone groups is 1. The van der Waals surface area contributed by atoms with E-state index >= 15 is 0 Å². The number of aryl methyl sites for hydroxylation is 1. The van der Waals surface area contributed by atoms with Crippen molar-refractivity contribution in [2.24, 2.45) is 0 Å². The summed E-state index contributed by atoms with van der Waals surface area (Å²) in [7, 11) is -1.55. The van der Waals surface area contributed by atoms with E-state index < -0.39 is 9.84 Å². The van der Waals surface area contributed by atoms with E-state index in [4.69, 9.17) is 4.74 Å². The molecule has 0 unspecified atom stereocenters. The van der Waals surface area contributed by atoms with Crippen molar-refractivity contribution in [1.82, 2.24) is 4.98 Å². The molecule has 1 aromatic heterocycles. The largest absolute Gasteiger partial charge is 0.497 e. The molecule has 0 spiro atoms. The summed E-state index contributed by atoms with van der Waals surface area (Å²) in [5.74, 6) is 0.844. The lowest BCUT2D eigenvalue weighted by Crippen LogP contribution is -1.96. The average molecular weight is 379 g/mol. The normalized spacial score (nSPS) is 12.0. The maximum Gasteiger partial charge on any atom is 0.175 e. The fourth-order valence-corrected chi connectivity index (χ4v) is 4.28. The highest BCUT2D eigenvalue weighted by Crippen LogP contribution is 2.30. The molecule has 0 amide bonds. The first kappa shape index (κ1) is 17.6. The van der Waals surface area contributed by atoms with Crippen LogP contribution in [0.15, 0.2) is 59.5 Å². The van der Waals surface area contributed by atoms with Crippen LogP contribution in [0.5, 0.6) is 5.75 Å². The van der Waals surface area contributed by atoms with Gasteiger partial charge in [-0.05, 0) is 53.1 Å². The van der Waals surface area contributed by atoms with Gasteiger partial charge in [-0.15, -0.1) is 0 Å². The van der Waals surface area contributed by atoms with Crippen molar-refractivity contribution < 1.29 is 13.2 Å². The van der Waals surface area contributed by atoms with Crippen LogP contribution in [-0.2, 0) is 16.3 Å². The van der Waals surface area contributed by atoms with Crippen LogP contribution in [0.1, 0.15) is 16.8 Å². The molecule has 3 aromatic carbocycles. The molecular formula is C22H21NO3S. The predicted octanol–water partition coefficient (Wildman–Crippen LogP) is 4.63. The second-order valence-corrected chi connectivity index (χ2v) is 8.90. The molecule has 0 saturated heterocycles. The van der Waals surface area contributed by atoms with Gasteiger partial charge in [-0.2, -0.15) is 0 Å². The Morgan fingerprint density at radius 3 is 2.52 bits per heavy atom. The maximum atomic E-state index is 11.8. The van der Waals surface area contributed by atoms with E-state index in [2.05, 4.69) is 29.2 Å². The molecule has 0 aliphatic heterocycles. The highest BCUT2D eigenvalue weighted by atomic mass is 32.2. The van der Waals surface area contributed by atoms with Crippen LogP contribution in [0.4, 0.5) is 0 Å². The van der Waals surface area contributed by atoms with Crippen LogP contribution < -0.4 is 4.74 Å². The third kappa shape index (κ3) is 3.19. The Morgan fingerprint density at radius 2 is 1.78 bits per heavy atom. The summed E-state index contributed by atoms with van der Waals surface area (Å²) in [5, 5.41) is 3.40. The number of fused-ring (bicyclic) bond motifs is 2. The van der Waals surface area contributed by atoms with Gasteiger partial charge in [0.05, 0.1) is 12.0 Å². The van der Waals surface area contributed by atoms with Gasteiger partial charge in [-0.1, -0.05) is 30.3 Å². The molecule has 0 bridgehead atoms. The zero-order chi connectivity index (χ0) is 19.2. The van der Waals surface area contributed by atoms with Crippen LogP contribution in [0.2, 0.25) is 0 Å². The second-order valence-electron chi connectivity index (χ2n) is 6.89. The summed E-state index contributed by atoms with van der Waals surface area (Å²) in [6, 6.07) is 17.7. The van der Waals surface area contributed by atoms with E-state index in [1.807, 2.05) is 25.1 Å². The van der Waals surface area contributed by atoms with Gasteiger partial charge in [0.25, 0.3) is 0 Å². The van der Waals surface area contributed by atoms with E-state index in [9.17, 15) is 8.42 Å². The first-order valence-electron chi connectivity index (χ1n) is 8.74. The highest BCUT2D eigenvalue weighted by molar-refractivity contribution is 7.90. The Balaban J connectivity index is 1.82. The summed E-state index contributed by atoms with van der Waals surface area (Å²) in [5.41, 5.74) is 4.33. The third-order valence-corrected chi connectivity index (χ3v) is 6.17. The smallest absolute Gasteiger partial charge is 0.175 e. The number of methoxy groups -OCH3 is 1. The predicted molar refractivity (Wildman–Crippen MR) is 109 cm³/mol. The van der Waals surface area contributed by atoms with Gasteiger partial charge in [0.15, 0.2) is 9.84 Å². The fraction of sp³-hybridized carbons (Fsp3) is 0.182. The average Bonchev–Trinajstić information content (AvgIpc) is 2.95. The molecular weight excluding hydrogens is 358 g/mol. The van der Waals surface area contributed by atoms with Gasteiger partial charge in [0, 0.05) is 29.3 Å². The molecule has 0 radical (unpaired) electrons. The monoisotopic (exact) mass is 379 g/mol. The Kier molecular flexibility index (Phi) is 4.19. The molecule has 138 valence electrons. The Labute approximate surface area is 158 Å². The molecule has 0 fully saturated rings. The third-order valence-electron chi connectivity index (χ3n) is 5.06. The molecule has 0 saturated carbocycles. The van der Waals surface area contributed by atoms with Crippen LogP contribution in [-0.4, -0.2) is 26.8 Å². The number of hydrogen-bond donors (Lipinski definition) is 1. The van der Waals surface area contributed by atoms with Crippen molar-refractivity contribution in [3.8, 4) is 5.75 Å². The molecule has 0 aliphatic rings. The van der Waals surface area contributed by atoms with E-state index in [0.717, 1.165) is 34.2 Å². The number of nitrogens with one attached hydrogen (secondary N) is 1. The Bertz CT molecular complexity index is 1270. The van der Waals surface area contributed by atoms with E-state index in [1.54, 1.807) is 19.2 Å². The Morgan fingerprint density at radius 1 is 1.00 bits per heavy atom. The molecule has 4 nitrogen and oxygen atoms in total. The molecule has 27 heavy (non-hydrogen) atoms. The maximum absolute atomic E-state index is 11.8. The number of benzene rings is 3. The number of rotatable bonds is 4. The zero-order valence-electron chi connectivity index (χ0n) is 15.5. The fourth-order valence-electron chi connectivity index (χ4n) is 3.63. The van der Waals surface area contributed by atoms with Crippen LogP contribution in [0.25, 0.3) is 21.7 Å². The van der Waals surface area contributed by atoms with E-state index in [0.29, 0.717) is 4.90 Å². The van der Waals surface area contributed by atoms with Crippen molar-refractivity contribution in [2.75, 3.05) is 13.4 Å². The number of aromatic nitrogens is 1. The Hall–Kier alpha value is -2.79. The van der Waals surface area contributed by atoms with E-state index in [1.165, 1.54) is 22.8 Å². The lowest BCUT2D eigenvalue weighted by Gasteiger charge is -2.09. The van der Waals surface area contributed by atoms with E-state index in [-0.39, 0.29) is 0 Å². The minimum atomic E-state index is -3.22. The quantitative estimate of drug-likeness (QED) is 0.562. The van der Waals surface area contributed by atoms with Crippen LogP contribution >= 0.6 is 0 Å². The molecule has 4 rings (SSSR count). The summed E-state index contributed by atoms with van der Waals surface area (Å²) in [6.07, 6.45) is 2.00. The summed E-state index contributed by atoms with van der Waals surface area (Å²) in [6.45, 7) is 2.03. The summed E-state index contributed by atoms with van der Waals surface area (Å²) >= 11 is 0. The van der Waals surface area contributed by atoms with Crippen molar-refractivity contribution in [3.63, 3.8) is 0 Å². The highest BCUT2D eigenvalue weighted by Gasteiger charge is 2.14. The molecule has 1 N–H and O–H groups in total. The molecule has 0 aliphatic carbocycles. The molecule has 5 heteroatoms. The zero-order valence-corrected chi connectivity index (χ0v) is 16.4. The van der Waals surface area contributed by atoms with Gasteiger partial charge in [0.2, 0.25) is 0 Å². The number of aromatic amines is 1. The first-order valence-corrected chi connectivity index (χ1v) is 10.6. The van der Waals surface area contributed by atoms with Crippen molar-refractivity contribution >= 4 is 31.5 Å². The number of hydrogen-bond acceptors (Lipinski definition) is 3. The van der Waals surface area contributed by atoms with Gasteiger partial charge in [-0.3, -0.25) is 0 Å². The number of H-pyrrole nitrogens is 1. The van der Waals surface area contributed by atoms with Crippen LogP contribution in [0, 0.1) is 6.92 Å². The standard InChI is InChI=1S/C22H21NO3S/c1-14-21(20-10-8-18(27(3,24)25)13-22(20)23-14)12-16-6-4-5-15-11-17(26-2)7-9-19(15)16/h4-11,13,23H,12H2,1-3H3. The lowest BCUT2D eigenvalue weighted by molar-refractivity contribution is 0.415. The van der Waals surface area contributed by atoms with Crippen molar-refractivity contribution in [2.45, 2.75) is 18.2 Å². The lowest BCUT2D eigenvalue weighted by atomic mass is 9.97. The second kappa shape index (κ2) is 6.43. The van der Waals surface area contributed by atoms with Gasteiger partial charge in [0.1, 0.15) is 5.75 Å². The topological polar surface area (TPSA) is 59.2 Å². The minimum absolute atomic E-state index is 0.333. The summed E-state index contributed by atoms with van der Waals surface area (Å²) < 4.78 is 29.0. The molecule has 4 aromatic rings.